The van der Waals surface area contributed by atoms with Crippen LogP contribution in [0.5, 0.6) is 0 Å². The van der Waals surface area contributed by atoms with E-state index in [2.05, 4.69) is 20.6 Å². The summed E-state index contributed by atoms with van der Waals surface area (Å²) in [5.41, 5.74) is 6.84. The molecule has 0 radical (unpaired) electrons. The molecule has 1 atom stereocenters. The Morgan fingerprint density at radius 1 is 1.33 bits per heavy atom. The third-order valence-electron chi connectivity index (χ3n) is 2.51. The minimum atomic E-state index is -0.135. The first-order valence-electron chi connectivity index (χ1n) is 5.80. The average Bonchev–Trinajstić information content (AvgIpc) is 2.30. The SMILES string of the molecule is CC1N=C(N)NC(NCCc2ccc(Cl)cc2)=N1. The maximum absolute atomic E-state index is 5.83. The molecule has 0 bridgehead atoms. The molecular weight excluding hydrogens is 250 g/mol. The molecule has 0 saturated carbocycles. The lowest BCUT2D eigenvalue weighted by Gasteiger charge is -2.17. The summed E-state index contributed by atoms with van der Waals surface area (Å²) in [5.74, 6) is 1.07. The van der Waals surface area contributed by atoms with Crippen LogP contribution in [0.15, 0.2) is 34.3 Å². The quantitative estimate of drug-likeness (QED) is 0.766. The van der Waals surface area contributed by atoms with Crippen molar-refractivity contribution in [3.05, 3.63) is 34.9 Å². The van der Waals surface area contributed by atoms with Crippen LogP contribution in [-0.2, 0) is 6.42 Å². The van der Waals surface area contributed by atoms with E-state index in [1.807, 2.05) is 31.2 Å². The van der Waals surface area contributed by atoms with E-state index in [1.165, 1.54) is 5.56 Å². The highest BCUT2D eigenvalue weighted by Crippen LogP contribution is 2.09. The largest absolute Gasteiger partial charge is 0.370 e. The molecule has 1 heterocycles. The summed E-state index contributed by atoms with van der Waals surface area (Å²) in [6.07, 6.45) is 0.757. The minimum Gasteiger partial charge on any atom is -0.370 e. The molecule has 0 aromatic heterocycles. The van der Waals surface area contributed by atoms with Crippen molar-refractivity contribution in [3.63, 3.8) is 0 Å². The second kappa shape index (κ2) is 5.73. The molecule has 1 aliphatic rings. The van der Waals surface area contributed by atoms with E-state index in [0.717, 1.165) is 18.0 Å². The zero-order valence-electron chi connectivity index (χ0n) is 10.2. The predicted octanol–water partition coefficient (Wildman–Crippen LogP) is 1.09. The third-order valence-corrected chi connectivity index (χ3v) is 2.76. The van der Waals surface area contributed by atoms with Crippen LogP contribution in [0.25, 0.3) is 0 Å². The molecule has 0 saturated heterocycles. The van der Waals surface area contributed by atoms with E-state index >= 15 is 0 Å². The number of guanidine groups is 2. The fourth-order valence-corrected chi connectivity index (χ4v) is 1.79. The van der Waals surface area contributed by atoms with E-state index in [1.54, 1.807) is 0 Å². The van der Waals surface area contributed by atoms with Crippen molar-refractivity contribution in [2.45, 2.75) is 19.5 Å². The number of hydrogen-bond acceptors (Lipinski definition) is 5. The van der Waals surface area contributed by atoms with Crippen LogP contribution in [0.4, 0.5) is 0 Å². The van der Waals surface area contributed by atoms with Crippen LogP contribution in [0.1, 0.15) is 12.5 Å². The van der Waals surface area contributed by atoms with Crippen molar-refractivity contribution in [1.29, 1.82) is 0 Å². The zero-order valence-corrected chi connectivity index (χ0v) is 10.9. The molecule has 0 aliphatic carbocycles. The van der Waals surface area contributed by atoms with E-state index in [4.69, 9.17) is 17.3 Å². The Kier molecular flexibility index (Phi) is 4.04. The topological polar surface area (TPSA) is 74.8 Å². The van der Waals surface area contributed by atoms with Crippen molar-refractivity contribution in [3.8, 4) is 0 Å². The van der Waals surface area contributed by atoms with Gasteiger partial charge in [-0.2, -0.15) is 0 Å². The number of rotatable bonds is 3. The van der Waals surface area contributed by atoms with Gasteiger partial charge in [-0.3, -0.25) is 5.32 Å². The molecule has 4 N–H and O–H groups in total. The smallest absolute Gasteiger partial charge is 0.200 e. The number of nitrogens with one attached hydrogen (secondary N) is 2. The monoisotopic (exact) mass is 265 g/mol. The van der Waals surface area contributed by atoms with Crippen molar-refractivity contribution >= 4 is 23.5 Å². The zero-order chi connectivity index (χ0) is 13.0. The van der Waals surface area contributed by atoms with Gasteiger partial charge in [0.2, 0.25) is 0 Å². The van der Waals surface area contributed by atoms with Crippen molar-refractivity contribution < 1.29 is 0 Å². The van der Waals surface area contributed by atoms with E-state index in [9.17, 15) is 0 Å². The molecular formula is C12H16ClN5. The molecule has 96 valence electrons. The molecule has 1 aromatic rings. The van der Waals surface area contributed by atoms with Gasteiger partial charge in [0, 0.05) is 11.6 Å². The highest BCUT2D eigenvalue weighted by Gasteiger charge is 2.09. The summed E-state index contributed by atoms with van der Waals surface area (Å²) >= 11 is 5.83. The summed E-state index contributed by atoms with van der Waals surface area (Å²) < 4.78 is 0. The number of halogens is 1. The Morgan fingerprint density at radius 3 is 2.72 bits per heavy atom. The van der Waals surface area contributed by atoms with Crippen LogP contribution in [0, 0.1) is 0 Å². The molecule has 0 fully saturated rings. The van der Waals surface area contributed by atoms with Crippen molar-refractivity contribution in [1.82, 2.24) is 10.6 Å². The Bertz CT molecular complexity index is 466. The summed E-state index contributed by atoms with van der Waals surface area (Å²) in [6, 6.07) is 7.80. The summed E-state index contributed by atoms with van der Waals surface area (Å²) in [4.78, 5) is 8.33. The Hall–Kier alpha value is -1.75. The van der Waals surface area contributed by atoms with Crippen LogP contribution >= 0.6 is 11.6 Å². The number of hydrogen-bond donors (Lipinski definition) is 3. The molecule has 1 aromatic carbocycles. The number of benzene rings is 1. The van der Waals surface area contributed by atoms with Gasteiger partial charge in [-0.15, -0.1) is 0 Å². The molecule has 0 spiro atoms. The predicted molar refractivity (Wildman–Crippen MR) is 74.8 cm³/mol. The van der Waals surface area contributed by atoms with Gasteiger partial charge < -0.3 is 11.1 Å². The number of aliphatic imine (C=N–C) groups is 2. The summed E-state index contributed by atoms with van der Waals surface area (Å²) in [6.45, 7) is 2.65. The fourth-order valence-electron chi connectivity index (χ4n) is 1.67. The molecule has 18 heavy (non-hydrogen) atoms. The molecule has 6 heteroatoms. The first-order valence-corrected chi connectivity index (χ1v) is 6.18. The van der Waals surface area contributed by atoms with Crippen LogP contribution in [0.2, 0.25) is 5.02 Å². The number of nitrogens with zero attached hydrogens (tertiary/aromatic N) is 2. The fraction of sp³-hybridized carbons (Fsp3) is 0.333. The van der Waals surface area contributed by atoms with E-state index < -0.39 is 0 Å². The molecule has 1 aliphatic heterocycles. The van der Waals surface area contributed by atoms with Gasteiger partial charge in [-0.25, -0.2) is 9.98 Å². The van der Waals surface area contributed by atoms with Gasteiger partial charge in [0.05, 0.1) is 0 Å². The first-order chi connectivity index (χ1) is 8.63. The normalized spacial score (nSPS) is 18.7. The molecule has 0 amide bonds. The maximum atomic E-state index is 5.83. The highest BCUT2D eigenvalue weighted by atomic mass is 35.5. The minimum absolute atomic E-state index is 0.135. The second-order valence-electron chi connectivity index (χ2n) is 4.05. The third kappa shape index (κ3) is 3.63. The van der Waals surface area contributed by atoms with Gasteiger partial charge >= 0.3 is 0 Å². The van der Waals surface area contributed by atoms with E-state index in [-0.39, 0.29) is 6.17 Å². The number of nitrogens with two attached hydrogens (primary N) is 1. The lowest BCUT2D eigenvalue weighted by Crippen LogP contribution is -2.48. The second-order valence-corrected chi connectivity index (χ2v) is 4.49. The average molecular weight is 266 g/mol. The summed E-state index contributed by atoms with van der Waals surface area (Å²) in [5, 5.41) is 6.83. The van der Waals surface area contributed by atoms with Gasteiger partial charge in [-0.1, -0.05) is 23.7 Å². The first kappa shape index (κ1) is 12.7. The lowest BCUT2D eigenvalue weighted by molar-refractivity contribution is 0.736. The van der Waals surface area contributed by atoms with Crippen molar-refractivity contribution in [2.24, 2.45) is 15.7 Å². The van der Waals surface area contributed by atoms with Crippen LogP contribution in [-0.4, -0.2) is 24.6 Å². The van der Waals surface area contributed by atoms with E-state index in [0.29, 0.717) is 11.9 Å². The van der Waals surface area contributed by atoms with Crippen LogP contribution in [0.3, 0.4) is 0 Å². The van der Waals surface area contributed by atoms with Gasteiger partial charge in [0.25, 0.3) is 0 Å². The molecule has 1 unspecified atom stereocenters. The van der Waals surface area contributed by atoms with Gasteiger partial charge in [0.15, 0.2) is 11.9 Å². The highest BCUT2D eigenvalue weighted by molar-refractivity contribution is 6.30. The standard InChI is InChI=1S/C12H16ClN5/c1-8-16-11(14)18-12(17-8)15-7-6-9-2-4-10(13)5-3-9/h2-5,8H,6-7H2,1H3,(H4,14,15,16,17,18). The Balaban J connectivity index is 1.81. The Labute approximate surface area is 111 Å². The molecule has 5 nitrogen and oxygen atoms in total. The van der Waals surface area contributed by atoms with Gasteiger partial charge in [0.1, 0.15) is 6.17 Å². The van der Waals surface area contributed by atoms with Gasteiger partial charge in [-0.05, 0) is 31.0 Å². The maximum Gasteiger partial charge on any atom is 0.200 e. The van der Waals surface area contributed by atoms with Crippen LogP contribution < -0.4 is 16.4 Å². The summed E-state index contributed by atoms with van der Waals surface area (Å²) in [7, 11) is 0. The Morgan fingerprint density at radius 2 is 2.06 bits per heavy atom. The van der Waals surface area contributed by atoms with Crippen molar-refractivity contribution in [2.75, 3.05) is 6.54 Å². The lowest BCUT2D eigenvalue weighted by atomic mass is 10.1. The molecule has 2 rings (SSSR count).